The van der Waals surface area contributed by atoms with Crippen LogP contribution in [0.4, 0.5) is 0 Å². The summed E-state index contributed by atoms with van der Waals surface area (Å²) in [5.41, 5.74) is -1.14. The van der Waals surface area contributed by atoms with Gasteiger partial charge in [-0.3, -0.25) is 24.0 Å². The van der Waals surface area contributed by atoms with Crippen molar-refractivity contribution in [1.29, 1.82) is 0 Å². The Morgan fingerprint density at radius 1 is 0.429 bits per heavy atom. The number of aliphatic hydroxyl groups is 9. The van der Waals surface area contributed by atoms with E-state index in [-0.39, 0.29) is 112 Å². The Labute approximate surface area is 499 Å². The third kappa shape index (κ3) is 27.9. The molecule has 3 aliphatic rings. The average molecular weight is 1210 g/mol. The Kier molecular flexibility index (Phi) is 38.1. The van der Waals surface area contributed by atoms with Gasteiger partial charge in [-0.25, -0.2) is 0 Å². The van der Waals surface area contributed by atoms with Crippen molar-refractivity contribution < 1.29 is 93.6 Å². The normalized spacial score (nSPS) is 28.7. The van der Waals surface area contributed by atoms with Gasteiger partial charge in [-0.2, -0.15) is 0 Å². The van der Waals surface area contributed by atoms with E-state index in [4.69, 9.17) is 23.7 Å². The average Bonchev–Trinajstić information content (AvgIpc) is 3.58. The van der Waals surface area contributed by atoms with Crippen molar-refractivity contribution in [2.45, 2.75) is 248 Å². The topological polar surface area (TPSA) is 374 Å². The number of ether oxygens (including phenoxy) is 5. The molecular weight excluding hydrogens is 1090 g/mol. The zero-order valence-corrected chi connectivity index (χ0v) is 51.0. The van der Waals surface area contributed by atoms with Crippen LogP contribution in [0.5, 0.6) is 0 Å². The van der Waals surface area contributed by atoms with Gasteiger partial charge in [-0.1, -0.05) is 78.6 Å². The summed E-state index contributed by atoms with van der Waals surface area (Å²) in [4.78, 5) is 66.9. The lowest BCUT2D eigenvalue weighted by molar-refractivity contribution is -0.282. The van der Waals surface area contributed by atoms with Gasteiger partial charge in [0.25, 0.3) is 0 Å². The minimum Gasteiger partial charge on any atom is -0.396 e. The molecule has 0 aromatic rings. The number of amides is 5. The molecule has 15 unspecified atom stereocenters. The number of unbranched alkanes of at least 4 members (excludes halogenated alkanes) is 10. The standard InChI is InChI=1S/C60H111N5O19/c1-40-43(36-44(37-66)55(77)52(40)74)20-12-6-5-7-13-29-61-48(70)23-26-60(65-51(73)22-18-21-47(69)64-32-19-33-80-4,27-24-49(71)62-30-14-8-10-16-34-81-58-41(2)53(75)56(78)45(38-67)83-58)28-25-50(72)63-31-15-9-11-17-35-82-59-42(3)54(76)57(79)46(39-68)84-59/h40-46,52-59,66-68,74-79H,5-39H2,1-4H3,(H,61,70)(H,62,71)(H,63,72)(H,64,69)(H,65,73). The predicted molar refractivity (Wildman–Crippen MR) is 311 cm³/mol. The van der Waals surface area contributed by atoms with E-state index in [1.54, 1.807) is 21.0 Å². The number of nitrogens with one attached hydrogen (secondary N) is 5. The molecule has 0 aromatic heterocycles. The lowest BCUT2D eigenvalue weighted by Gasteiger charge is -2.41. The molecule has 3 rings (SSSR count). The van der Waals surface area contributed by atoms with Gasteiger partial charge in [0.15, 0.2) is 12.6 Å². The van der Waals surface area contributed by atoms with E-state index in [0.29, 0.717) is 84.5 Å². The second kappa shape index (κ2) is 42.6. The van der Waals surface area contributed by atoms with Crippen molar-refractivity contribution in [3.63, 3.8) is 0 Å². The molecule has 15 atom stereocenters. The maximum atomic E-state index is 13.8. The zero-order valence-electron chi connectivity index (χ0n) is 51.0. The fourth-order valence-corrected chi connectivity index (χ4v) is 11.5. The van der Waals surface area contributed by atoms with Crippen LogP contribution in [0.2, 0.25) is 0 Å². The number of hydrogen-bond donors (Lipinski definition) is 14. The van der Waals surface area contributed by atoms with E-state index in [9.17, 15) is 69.9 Å². The third-order valence-electron chi connectivity index (χ3n) is 17.3. The minimum atomic E-state index is -1.20. The largest absolute Gasteiger partial charge is 0.396 e. The minimum absolute atomic E-state index is 0.000449. The molecule has 1 aliphatic carbocycles. The maximum absolute atomic E-state index is 13.8. The zero-order chi connectivity index (χ0) is 61.9. The summed E-state index contributed by atoms with van der Waals surface area (Å²) < 4.78 is 28.0. The van der Waals surface area contributed by atoms with Crippen molar-refractivity contribution in [2.75, 3.05) is 72.9 Å². The lowest BCUT2D eigenvalue weighted by atomic mass is 9.70. The van der Waals surface area contributed by atoms with Crippen molar-refractivity contribution >= 4 is 29.5 Å². The molecular formula is C60H111N5O19. The van der Waals surface area contributed by atoms with E-state index in [1.807, 2.05) is 6.92 Å². The van der Waals surface area contributed by atoms with Gasteiger partial charge in [-0.15, -0.1) is 0 Å². The second-order valence-electron chi connectivity index (χ2n) is 24.0. The molecule has 84 heavy (non-hydrogen) atoms. The maximum Gasteiger partial charge on any atom is 0.220 e. The molecule has 0 spiro atoms. The molecule has 14 N–H and O–H groups in total. The van der Waals surface area contributed by atoms with Gasteiger partial charge in [0.05, 0.1) is 37.6 Å². The monoisotopic (exact) mass is 1210 g/mol. The first-order valence-corrected chi connectivity index (χ1v) is 31.6. The molecule has 1 saturated carbocycles. The molecule has 0 aromatic carbocycles. The van der Waals surface area contributed by atoms with Crippen molar-refractivity contribution in [3.05, 3.63) is 0 Å². The molecule has 2 aliphatic heterocycles. The first kappa shape index (κ1) is 75.0. The van der Waals surface area contributed by atoms with E-state index < -0.39 is 92.0 Å². The molecule has 2 saturated heterocycles. The molecule has 2 heterocycles. The fourth-order valence-electron chi connectivity index (χ4n) is 11.5. The fraction of sp³-hybridized carbons (Fsp3) is 0.917. The number of methoxy groups -OCH3 is 1. The Bertz CT molecular complexity index is 1660. The lowest BCUT2D eigenvalue weighted by Crippen LogP contribution is -2.55. The number of carbonyl (C=O) groups excluding carboxylic acids is 5. The predicted octanol–water partition coefficient (Wildman–Crippen LogP) is 1.48. The summed E-state index contributed by atoms with van der Waals surface area (Å²) >= 11 is 0. The molecule has 0 radical (unpaired) electrons. The van der Waals surface area contributed by atoms with Gasteiger partial charge < -0.3 is 96.2 Å². The Morgan fingerprint density at radius 3 is 1.26 bits per heavy atom. The van der Waals surface area contributed by atoms with Crippen LogP contribution in [0.25, 0.3) is 0 Å². The van der Waals surface area contributed by atoms with Crippen LogP contribution in [-0.2, 0) is 47.7 Å². The highest BCUT2D eigenvalue weighted by atomic mass is 16.7. The highest BCUT2D eigenvalue weighted by Crippen LogP contribution is 2.37. The number of hydrogen-bond acceptors (Lipinski definition) is 19. The summed E-state index contributed by atoms with van der Waals surface area (Å²) in [5.74, 6) is -2.43. The number of rotatable bonds is 45. The number of aliphatic hydroxyl groups excluding tert-OH is 9. The van der Waals surface area contributed by atoms with Crippen LogP contribution >= 0.6 is 0 Å². The van der Waals surface area contributed by atoms with Crippen molar-refractivity contribution in [3.8, 4) is 0 Å². The molecule has 490 valence electrons. The van der Waals surface area contributed by atoms with Gasteiger partial charge >= 0.3 is 0 Å². The quantitative estimate of drug-likeness (QED) is 0.0384. The van der Waals surface area contributed by atoms with Crippen LogP contribution in [-0.4, -0.2) is 215 Å². The van der Waals surface area contributed by atoms with Gasteiger partial charge in [0, 0.05) is 115 Å². The smallest absolute Gasteiger partial charge is 0.220 e. The highest BCUT2D eigenvalue weighted by molar-refractivity contribution is 5.81. The van der Waals surface area contributed by atoms with Crippen LogP contribution in [0.15, 0.2) is 0 Å². The summed E-state index contributed by atoms with van der Waals surface area (Å²) in [7, 11) is 1.58. The van der Waals surface area contributed by atoms with Gasteiger partial charge in [-0.05, 0) is 82.5 Å². The first-order valence-electron chi connectivity index (χ1n) is 31.6. The van der Waals surface area contributed by atoms with Crippen LogP contribution in [0.1, 0.15) is 181 Å². The molecule has 24 heteroatoms. The van der Waals surface area contributed by atoms with Gasteiger partial charge in [0.1, 0.15) is 24.4 Å². The SMILES string of the molecule is COCCCNC(=O)CCCC(=O)NC(CCC(=O)NCCCCCCCC1CC(CO)C(O)C(O)C1C)(CCC(=O)NCCCCCCOC1OC(CO)C(O)C(O)C1C)CCC(=O)NCCCCCCOC1OC(CO)C(O)C(O)C1C. The van der Waals surface area contributed by atoms with Crippen LogP contribution < -0.4 is 26.6 Å². The third-order valence-corrected chi connectivity index (χ3v) is 17.3. The summed E-state index contributed by atoms with van der Waals surface area (Å²) in [6.07, 6.45) is 3.63. The molecule has 3 fully saturated rings. The first-order chi connectivity index (χ1) is 40.3. The van der Waals surface area contributed by atoms with Crippen LogP contribution in [0.3, 0.4) is 0 Å². The highest BCUT2D eigenvalue weighted by Gasteiger charge is 2.44. The van der Waals surface area contributed by atoms with Crippen LogP contribution in [0, 0.1) is 29.6 Å². The summed E-state index contributed by atoms with van der Waals surface area (Å²) in [5, 5.41) is 105. The second-order valence-corrected chi connectivity index (χ2v) is 24.0. The van der Waals surface area contributed by atoms with Crippen molar-refractivity contribution in [2.24, 2.45) is 29.6 Å². The molecule has 0 bridgehead atoms. The van der Waals surface area contributed by atoms with Gasteiger partial charge in [0.2, 0.25) is 29.5 Å². The van der Waals surface area contributed by atoms with E-state index in [2.05, 4.69) is 26.6 Å². The Balaban J connectivity index is 1.58. The van der Waals surface area contributed by atoms with E-state index in [1.165, 1.54) is 0 Å². The van der Waals surface area contributed by atoms with E-state index >= 15 is 0 Å². The number of carbonyl (C=O) groups is 5. The molecule has 5 amide bonds. The Morgan fingerprint density at radius 2 is 0.821 bits per heavy atom. The summed E-state index contributed by atoms with van der Waals surface area (Å²) in [6, 6.07) is 0. The Hall–Kier alpha value is -3.21. The van der Waals surface area contributed by atoms with E-state index in [0.717, 1.165) is 64.2 Å². The molecule has 24 nitrogen and oxygen atoms in total. The van der Waals surface area contributed by atoms with Crippen molar-refractivity contribution in [1.82, 2.24) is 26.6 Å². The summed E-state index contributed by atoms with van der Waals surface area (Å²) in [6.45, 7) is 7.16.